The highest BCUT2D eigenvalue weighted by Gasteiger charge is 2.35. The molecular weight excluding hydrogens is 188 g/mol. The van der Waals surface area contributed by atoms with Crippen molar-refractivity contribution < 1.29 is 8.42 Å². The minimum Gasteiger partial charge on any atom is -0.290 e. The average molecular weight is 204 g/mol. The summed E-state index contributed by atoms with van der Waals surface area (Å²) in [6.45, 7) is 2.58. The van der Waals surface area contributed by atoms with Gasteiger partial charge in [0.05, 0.1) is 11.9 Å². The minimum atomic E-state index is -2.97. The molecule has 5 heteroatoms. The van der Waals surface area contributed by atoms with E-state index in [9.17, 15) is 8.42 Å². The van der Waals surface area contributed by atoms with Crippen LogP contribution < -0.4 is 4.72 Å². The number of hydrogen-bond acceptors (Lipinski definition) is 3. The van der Waals surface area contributed by atoms with Crippen molar-refractivity contribution in [2.45, 2.75) is 30.9 Å². The predicted molar refractivity (Wildman–Crippen MR) is 50.8 cm³/mol. The molecule has 1 saturated carbocycles. The Balaban J connectivity index is 1.77. The summed E-state index contributed by atoms with van der Waals surface area (Å²) in [4.78, 5) is 2.15. The maximum Gasteiger partial charge on any atom is 0.215 e. The van der Waals surface area contributed by atoms with Crippen LogP contribution in [0, 0.1) is 0 Å². The molecule has 0 unspecified atom stereocenters. The molecule has 13 heavy (non-hydrogen) atoms. The molecule has 1 N–H and O–H groups in total. The third-order valence-corrected chi connectivity index (χ3v) is 4.53. The fourth-order valence-electron chi connectivity index (χ4n) is 1.62. The second-order valence-corrected chi connectivity index (χ2v) is 5.92. The molecule has 0 aromatic heterocycles. The van der Waals surface area contributed by atoms with Crippen LogP contribution in [0.2, 0.25) is 0 Å². The van der Waals surface area contributed by atoms with Crippen molar-refractivity contribution in [2.24, 2.45) is 0 Å². The number of nitrogens with zero attached hydrogens (tertiary/aromatic N) is 1. The van der Waals surface area contributed by atoms with Gasteiger partial charge in [-0.05, 0) is 38.8 Å². The van der Waals surface area contributed by atoms with Crippen LogP contribution >= 0.6 is 0 Å². The molecule has 2 aliphatic rings. The summed E-state index contributed by atoms with van der Waals surface area (Å²) in [6, 6.07) is 0. The van der Waals surface area contributed by atoms with Gasteiger partial charge in [-0.2, -0.15) is 0 Å². The first-order valence-electron chi connectivity index (χ1n) is 4.89. The quantitative estimate of drug-likeness (QED) is 0.707. The van der Waals surface area contributed by atoms with E-state index in [2.05, 4.69) is 9.62 Å². The molecule has 2 rings (SSSR count). The Kier molecular flexibility index (Phi) is 2.58. The smallest absolute Gasteiger partial charge is 0.215 e. The summed E-state index contributed by atoms with van der Waals surface area (Å²) in [7, 11) is -2.97. The zero-order valence-corrected chi connectivity index (χ0v) is 8.52. The lowest BCUT2D eigenvalue weighted by Gasteiger charge is -2.15. The van der Waals surface area contributed by atoms with Crippen molar-refractivity contribution in [3.8, 4) is 0 Å². The summed E-state index contributed by atoms with van der Waals surface area (Å²) in [6.07, 6.45) is 4.08. The third kappa shape index (κ3) is 2.42. The minimum absolute atomic E-state index is 0.0879. The molecule has 0 aromatic carbocycles. The molecule has 1 aliphatic heterocycles. The van der Waals surface area contributed by atoms with E-state index in [1.807, 2.05) is 0 Å². The predicted octanol–water partition coefficient (Wildman–Crippen LogP) is 0.121. The molecular formula is C8H16N2O2S. The van der Waals surface area contributed by atoms with Gasteiger partial charge in [-0.25, -0.2) is 13.1 Å². The van der Waals surface area contributed by atoms with Gasteiger partial charge in [0.2, 0.25) is 10.0 Å². The second-order valence-electron chi connectivity index (χ2n) is 3.87. The average Bonchev–Trinajstić information content (AvgIpc) is 2.82. The molecule has 1 aliphatic carbocycles. The van der Waals surface area contributed by atoms with Crippen LogP contribution in [0.3, 0.4) is 0 Å². The monoisotopic (exact) mass is 204 g/mol. The fraction of sp³-hybridized carbons (Fsp3) is 1.00. The summed E-state index contributed by atoms with van der Waals surface area (Å²) in [5, 5.41) is -0.0879. The van der Waals surface area contributed by atoms with Crippen molar-refractivity contribution in [3.05, 3.63) is 0 Å². The van der Waals surface area contributed by atoms with E-state index in [0.29, 0.717) is 6.67 Å². The van der Waals surface area contributed by atoms with Crippen LogP contribution in [0.1, 0.15) is 25.7 Å². The maximum atomic E-state index is 11.4. The lowest BCUT2D eigenvalue weighted by atomic mass is 10.4. The van der Waals surface area contributed by atoms with E-state index in [1.165, 1.54) is 12.8 Å². The first kappa shape index (κ1) is 9.43. The zero-order chi connectivity index (χ0) is 9.31. The summed E-state index contributed by atoms with van der Waals surface area (Å²) >= 11 is 0. The lowest BCUT2D eigenvalue weighted by molar-refractivity contribution is 0.333. The standard InChI is InChI=1S/C8H16N2O2S/c11-13(12,8-3-4-8)9-7-10-5-1-2-6-10/h8-9H,1-7H2. The van der Waals surface area contributed by atoms with E-state index >= 15 is 0 Å². The van der Waals surface area contributed by atoms with Crippen LogP contribution in [0.4, 0.5) is 0 Å². The highest BCUT2D eigenvalue weighted by molar-refractivity contribution is 7.90. The van der Waals surface area contributed by atoms with Crippen LogP contribution in [0.5, 0.6) is 0 Å². The first-order chi connectivity index (χ1) is 6.18. The van der Waals surface area contributed by atoms with Crippen molar-refractivity contribution >= 4 is 10.0 Å². The Morgan fingerprint density at radius 1 is 1.23 bits per heavy atom. The van der Waals surface area contributed by atoms with Gasteiger partial charge < -0.3 is 0 Å². The number of rotatable bonds is 4. The molecule has 0 atom stereocenters. The van der Waals surface area contributed by atoms with Crippen molar-refractivity contribution in [1.29, 1.82) is 0 Å². The van der Waals surface area contributed by atoms with E-state index < -0.39 is 10.0 Å². The number of sulfonamides is 1. The van der Waals surface area contributed by atoms with E-state index in [4.69, 9.17) is 0 Å². The molecule has 0 amide bonds. The van der Waals surface area contributed by atoms with Gasteiger partial charge in [0.15, 0.2) is 0 Å². The molecule has 1 heterocycles. The molecule has 0 bridgehead atoms. The van der Waals surface area contributed by atoms with Gasteiger partial charge in [0, 0.05) is 0 Å². The van der Waals surface area contributed by atoms with Crippen molar-refractivity contribution in [3.63, 3.8) is 0 Å². The molecule has 76 valence electrons. The zero-order valence-electron chi connectivity index (χ0n) is 7.70. The Morgan fingerprint density at radius 2 is 1.85 bits per heavy atom. The molecule has 0 spiro atoms. The van der Waals surface area contributed by atoms with Gasteiger partial charge in [0.1, 0.15) is 0 Å². The highest BCUT2D eigenvalue weighted by atomic mass is 32.2. The van der Waals surface area contributed by atoms with Gasteiger partial charge in [-0.3, -0.25) is 4.90 Å². The Morgan fingerprint density at radius 3 is 2.38 bits per heavy atom. The SMILES string of the molecule is O=S(=O)(NCN1CCCC1)C1CC1. The summed E-state index contributed by atoms with van der Waals surface area (Å²) < 4.78 is 25.5. The highest BCUT2D eigenvalue weighted by Crippen LogP contribution is 2.27. The van der Waals surface area contributed by atoms with E-state index in [0.717, 1.165) is 25.9 Å². The topological polar surface area (TPSA) is 49.4 Å². The van der Waals surface area contributed by atoms with Gasteiger partial charge >= 0.3 is 0 Å². The lowest BCUT2D eigenvalue weighted by Crippen LogP contribution is -2.37. The Labute approximate surface area is 79.4 Å². The second kappa shape index (κ2) is 3.55. The Bertz CT molecular complexity index is 266. The van der Waals surface area contributed by atoms with E-state index in [1.54, 1.807) is 0 Å². The van der Waals surface area contributed by atoms with Crippen molar-refractivity contribution in [2.75, 3.05) is 19.8 Å². The summed E-state index contributed by atoms with van der Waals surface area (Å²) in [5.41, 5.74) is 0. The van der Waals surface area contributed by atoms with E-state index in [-0.39, 0.29) is 5.25 Å². The molecule has 2 fully saturated rings. The molecule has 0 aromatic rings. The first-order valence-corrected chi connectivity index (χ1v) is 6.44. The van der Waals surface area contributed by atoms with Crippen LogP contribution in [0.25, 0.3) is 0 Å². The van der Waals surface area contributed by atoms with Crippen molar-refractivity contribution in [1.82, 2.24) is 9.62 Å². The molecule has 0 radical (unpaired) electrons. The Hall–Kier alpha value is -0.130. The van der Waals surface area contributed by atoms with Gasteiger partial charge in [0.25, 0.3) is 0 Å². The van der Waals surface area contributed by atoms with Gasteiger partial charge in [-0.1, -0.05) is 0 Å². The third-order valence-electron chi connectivity index (χ3n) is 2.65. The number of hydrogen-bond donors (Lipinski definition) is 1. The van der Waals surface area contributed by atoms with Crippen LogP contribution in [0.15, 0.2) is 0 Å². The molecule has 4 nitrogen and oxygen atoms in total. The fourth-order valence-corrected chi connectivity index (χ4v) is 2.97. The molecule has 1 saturated heterocycles. The van der Waals surface area contributed by atoms with Gasteiger partial charge in [-0.15, -0.1) is 0 Å². The largest absolute Gasteiger partial charge is 0.290 e. The van der Waals surface area contributed by atoms with Crippen LogP contribution in [-0.2, 0) is 10.0 Å². The summed E-state index contributed by atoms with van der Waals surface area (Å²) in [5.74, 6) is 0. The van der Waals surface area contributed by atoms with Crippen LogP contribution in [-0.4, -0.2) is 38.3 Å². The number of likely N-dealkylation sites (tertiary alicyclic amines) is 1. The normalized spacial score (nSPS) is 25.2. The number of nitrogens with one attached hydrogen (secondary N) is 1. The maximum absolute atomic E-state index is 11.4.